The third-order valence-electron chi connectivity index (χ3n) is 3.43. The molecule has 120 valence electrons. The first-order valence-electron chi connectivity index (χ1n) is 7.46. The van der Waals surface area contributed by atoms with E-state index in [1.54, 1.807) is 7.11 Å². The highest BCUT2D eigenvalue weighted by Gasteiger charge is 2.14. The van der Waals surface area contributed by atoms with Crippen LogP contribution < -0.4 is 0 Å². The van der Waals surface area contributed by atoms with Crippen molar-refractivity contribution in [2.45, 2.75) is 33.7 Å². The Bertz CT molecular complexity index is 440. The van der Waals surface area contributed by atoms with Crippen LogP contribution >= 0.6 is 0 Å². The molecule has 5 nitrogen and oxygen atoms in total. The molecular formula is C16H27NO4. The monoisotopic (exact) mass is 297 g/mol. The van der Waals surface area contributed by atoms with Gasteiger partial charge >= 0.3 is 0 Å². The molecule has 1 aromatic rings. The number of carbonyl (C=O) groups is 1. The lowest BCUT2D eigenvalue weighted by Gasteiger charge is -2.06. The maximum Gasteiger partial charge on any atom is 0.190 e. The van der Waals surface area contributed by atoms with Crippen molar-refractivity contribution in [1.82, 2.24) is 4.57 Å². The highest BCUT2D eigenvalue weighted by atomic mass is 16.5. The molecule has 0 radical (unpaired) electrons. The van der Waals surface area contributed by atoms with Crippen LogP contribution in [0.15, 0.2) is 6.07 Å². The standard InChI is InChI=1S/C16H27NO4/c1-5-17-13(2)11-15(14(17)3)16(18)12-21-8-6-7-20-10-9-19-4/h11H,5-10,12H2,1-4H3. The molecule has 0 aliphatic carbocycles. The number of methoxy groups -OCH3 is 1. The Kier molecular flexibility index (Phi) is 8.27. The number of Topliss-reactive ketones (excluding diaryl/α,β-unsaturated/α-hetero) is 1. The Morgan fingerprint density at radius 2 is 1.86 bits per heavy atom. The molecule has 0 saturated carbocycles. The van der Waals surface area contributed by atoms with Gasteiger partial charge in [0.2, 0.25) is 0 Å². The summed E-state index contributed by atoms with van der Waals surface area (Å²) in [5.74, 6) is 0.0445. The lowest BCUT2D eigenvalue weighted by Crippen LogP contribution is -2.12. The zero-order chi connectivity index (χ0) is 15.7. The molecule has 1 heterocycles. The summed E-state index contributed by atoms with van der Waals surface area (Å²) in [6, 6.07) is 1.94. The van der Waals surface area contributed by atoms with Crippen LogP contribution in [0, 0.1) is 13.8 Å². The van der Waals surface area contributed by atoms with Gasteiger partial charge in [-0.05, 0) is 33.3 Å². The summed E-state index contributed by atoms with van der Waals surface area (Å²) in [6.45, 7) is 9.45. The molecular weight excluding hydrogens is 270 g/mol. The number of carbonyl (C=O) groups excluding carboxylic acids is 1. The van der Waals surface area contributed by atoms with Gasteiger partial charge in [-0.25, -0.2) is 0 Å². The number of hydrogen-bond acceptors (Lipinski definition) is 4. The first kappa shape index (κ1) is 17.9. The number of hydrogen-bond donors (Lipinski definition) is 0. The molecule has 5 heteroatoms. The van der Waals surface area contributed by atoms with E-state index in [9.17, 15) is 4.79 Å². The summed E-state index contributed by atoms with van der Waals surface area (Å²) < 4.78 is 17.8. The van der Waals surface area contributed by atoms with Crippen LogP contribution in [0.25, 0.3) is 0 Å². The Hall–Kier alpha value is -1.17. The highest BCUT2D eigenvalue weighted by Crippen LogP contribution is 2.15. The van der Waals surface area contributed by atoms with E-state index in [2.05, 4.69) is 11.5 Å². The fourth-order valence-electron chi connectivity index (χ4n) is 2.32. The van der Waals surface area contributed by atoms with Gasteiger partial charge < -0.3 is 18.8 Å². The molecule has 0 aromatic carbocycles. The van der Waals surface area contributed by atoms with Crippen molar-refractivity contribution in [2.75, 3.05) is 40.1 Å². The van der Waals surface area contributed by atoms with Crippen molar-refractivity contribution in [1.29, 1.82) is 0 Å². The summed E-state index contributed by atoms with van der Waals surface area (Å²) in [6.07, 6.45) is 0.783. The maximum absolute atomic E-state index is 12.1. The average molecular weight is 297 g/mol. The molecule has 0 atom stereocenters. The summed E-state index contributed by atoms with van der Waals surface area (Å²) >= 11 is 0. The molecule has 0 aliphatic rings. The number of rotatable bonds is 11. The molecule has 0 N–H and O–H groups in total. The van der Waals surface area contributed by atoms with Crippen molar-refractivity contribution in [2.24, 2.45) is 0 Å². The van der Waals surface area contributed by atoms with Crippen LogP contribution in [0.3, 0.4) is 0 Å². The normalized spacial score (nSPS) is 11.0. The van der Waals surface area contributed by atoms with Crippen molar-refractivity contribution in [3.63, 3.8) is 0 Å². The predicted octanol–water partition coefficient (Wildman–Crippen LogP) is 2.38. The van der Waals surface area contributed by atoms with Gasteiger partial charge in [0.1, 0.15) is 6.61 Å². The number of ketones is 1. The van der Waals surface area contributed by atoms with Crippen LogP contribution in [0.2, 0.25) is 0 Å². The molecule has 0 saturated heterocycles. The molecule has 1 rings (SSSR count). The molecule has 0 unspecified atom stereocenters. The van der Waals surface area contributed by atoms with Crippen molar-refractivity contribution in [3.8, 4) is 0 Å². The fraction of sp³-hybridized carbons (Fsp3) is 0.688. The van der Waals surface area contributed by atoms with Crippen molar-refractivity contribution >= 4 is 5.78 Å². The molecule has 0 amide bonds. The molecule has 0 aliphatic heterocycles. The van der Waals surface area contributed by atoms with Crippen molar-refractivity contribution < 1.29 is 19.0 Å². The maximum atomic E-state index is 12.1. The van der Waals surface area contributed by atoms with Crippen LogP contribution in [-0.2, 0) is 20.8 Å². The van der Waals surface area contributed by atoms with Crippen LogP contribution in [0.1, 0.15) is 35.1 Å². The summed E-state index contributed by atoms with van der Waals surface area (Å²) in [5, 5.41) is 0. The lowest BCUT2D eigenvalue weighted by molar-refractivity contribution is 0.0488. The Morgan fingerprint density at radius 1 is 1.14 bits per heavy atom. The fourth-order valence-corrected chi connectivity index (χ4v) is 2.32. The average Bonchev–Trinajstić information content (AvgIpc) is 2.76. The first-order valence-corrected chi connectivity index (χ1v) is 7.46. The quantitative estimate of drug-likeness (QED) is 0.465. The Morgan fingerprint density at radius 3 is 2.48 bits per heavy atom. The second-order valence-electron chi connectivity index (χ2n) is 4.96. The Labute approximate surface area is 127 Å². The van der Waals surface area contributed by atoms with Crippen LogP contribution in [0.5, 0.6) is 0 Å². The SMILES string of the molecule is CCn1c(C)cc(C(=O)COCCCOCCOC)c1C. The minimum Gasteiger partial charge on any atom is -0.382 e. The van der Waals surface area contributed by atoms with Gasteiger partial charge in [-0.1, -0.05) is 0 Å². The lowest BCUT2D eigenvalue weighted by atomic mass is 10.1. The van der Waals surface area contributed by atoms with Gasteiger partial charge in [-0.3, -0.25) is 4.79 Å². The number of ether oxygens (including phenoxy) is 3. The van der Waals surface area contributed by atoms with E-state index in [4.69, 9.17) is 14.2 Å². The zero-order valence-corrected chi connectivity index (χ0v) is 13.6. The van der Waals surface area contributed by atoms with E-state index in [0.717, 1.165) is 29.9 Å². The first-order chi connectivity index (χ1) is 10.1. The third kappa shape index (κ3) is 5.61. The molecule has 1 aromatic heterocycles. The highest BCUT2D eigenvalue weighted by molar-refractivity contribution is 5.98. The number of nitrogens with zero attached hydrogens (tertiary/aromatic N) is 1. The summed E-state index contributed by atoms with van der Waals surface area (Å²) in [7, 11) is 1.65. The zero-order valence-electron chi connectivity index (χ0n) is 13.6. The van der Waals surface area contributed by atoms with Gasteiger partial charge in [0, 0.05) is 43.8 Å². The second kappa shape index (κ2) is 9.71. The van der Waals surface area contributed by atoms with E-state index >= 15 is 0 Å². The largest absolute Gasteiger partial charge is 0.382 e. The van der Waals surface area contributed by atoms with Crippen molar-refractivity contribution in [3.05, 3.63) is 23.0 Å². The summed E-state index contributed by atoms with van der Waals surface area (Å²) in [5.41, 5.74) is 2.90. The second-order valence-corrected chi connectivity index (χ2v) is 4.96. The minimum absolute atomic E-state index is 0.0445. The Balaban J connectivity index is 2.25. The van der Waals surface area contributed by atoms with E-state index in [1.165, 1.54) is 0 Å². The minimum atomic E-state index is 0.0445. The van der Waals surface area contributed by atoms with Gasteiger partial charge in [0.25, 0.3) is 0 Å². The smallest absolute Gasteiger partial charge is 0.190 e. The molecule has 0 bridgehead atoms. The van der Waals surface area contributed by atoms with E-state index in [-0.39, 0.29) is 12.4 Å². The predicted molar refractivity (Wildman–Crippen MR) is 82.0 cm³/mol. The topological polar surface area (TPSA) is 49.7 Å². The van der Waals surface area contributed by atoms with Gasteiger partial charge in [0.15, 0.2) is 5.78 Å². The van der Waals surface area contributed by atoms with Gasteiger partial charge in [-0.2, -0.15) is 0 Å². The van der Waals surface area contributed by atoms with E-state index in [0.29, 0.717) is 26.4 Å². The van der Waals surface area contributed by atoms with Crippen LogP contribution in [0.4, 0.5) is 0 Å². The molecule has 21 heavy (non-hydrogen) atoms. The third-order valence-corrected chi connectivity index (χ3v) is 3.43. The molecule has 0 fully saturated rings. The van der Waals surface area contributed by atoms with E-state index in [1.807, 2.05) is 19.9 Å². The van der Waals surface area contributed by atoms with Gasteiger partial charge in [-0.15, -0.1) is 0 Å². The summed E-state index contributed by atoms with van der Waals surface area (Å²) in [4.78, 5) is 12.1. The number of aromatic nitrogens is 1. The number of aryl methyl sites for hydroxylation is 1. The molecule has 0 spiro atoms. The van der Waals surface area contributed by atoms with Gasteiger partial charge in [0.05, 0.1) is 13.2 Å². The van der Waals surface area contributed by atoms with E-state index < -0.39 is 0 Å². The van der Waals surface area contributed by atoms with Crippen LogP contribution in [-0.4, -0.2) is 50.5 Å².